The third-order valence-electron chi connectivity index (χ3n) is 1.62. The Balaban J connectivity index is 2.76. The summed E-state index contributed by atoms with van der Waals surface area (Å²) in [5, 5.41) is 0. The summed E-state index contributed by atoms with van der Waals surface area (Å²) in [7, 11) is 0. The topological polar surface area (TPSA) is 18.5 Å². The molecule has 0 atom stereocenters. The molecule has 2 nitrogen and oxygen atoms in total. The van der Waals surface area contributed by atoms with E-state index in [0.29, 0.717) is 6.61 Å². The SMILES string of the molecule is ClCCCCCCOCCOCI. The lowest BCUT2D eigenvalue weighted by molar-refractivity contribution is 0.0662. The number of unbranched alkanes of at least 4 members (excludes halogenated alkanes) is 3. The molecule has 0 radical (unpaired) electrons. The molecule has 0 aliphatic rings. The highest BCUT2D eigenvalue weighted by atomic mass is 127. The zero-order valence-corrected chi connectivity index (χ0v) is 10.8. The van der Waals surface area contributed by atoms with Crippen molar-refractivity contribution in [2.45, 2.75) is 25.7 Å². The van der Waals surface area contributed by atoms with Gasteiger partial charge in [0.25, 0.3) is 0 Å². The molecular weight excluding hydrogens is 302 g/mol. The number of halogens is 2. The molecule has 0 bridgehead atoms. The van der Waals surface area contributed by atoms with E-state index in [4.69, 9.17) is 21.1 Å². The van der Waals surface area contributed by atoms with Crippen LogP contribution in [0.1, 0.15) is 25.7 Å². The lowest BCUT2D eigenvalue weighted by atomic mass is 10.2. The van der Waals surface area contributed by atoms with Gasteiger partial charge < -0.3 is 9.47 Å². The molecule has 0 aliphatic carbocycles. The van der Waals surface area contributed by atoms with Gasteiger partial charge in [-0.15, -0.1) is 11.6 Å². The predicted molar refractivity (Wildman–Crippen MR) is 64.8 cm³/mol. The molecule has 0 N–H and O–H groups in total. The summed E-state index contributed by atoms with van der Waals surface area (Å²) >= 11 is 7.73. The van der Waals surface area contributed by atoms with E-state index >= 15 is 0 Å². The van der Waals surface area contributed by atoms with Crippen molar-refractivity contribution < 1.29 is 9.47 Å². The molecule has 0 aromatic heterocycles. The van der Waals surface area contributed by atoms with Crippen molar-refractivity contribution in [3.8, 4) is 0 Å². The van der Waals surface area contributed by atoms with Gasteiger partial charge in [-0.3, -0.25) is 0 Å². The smallest absolute Gasteiger partial charge is 0.0980 e. The van der Waals surface area contributed by atoms with Gasteiger partial charge in [0.2, 0.25) is 0 Å². The van der Waals surface area contributed by atoms with Crippen LogP contribution in [0.4, 0.5) is 0 Å². The second-order valence-corrected chi connectivity index (χ2v) is 3.73. The van der Waals surface area contributed by atoms with Crippen LogP contribution in [0.25, 0.3) is 0 Å². The van der Waals surface area contributed by atoms with Crippen molar-refractivity contribution in [2.75, 3.05) is 30.3 Å². The van der Waals surface area contributed by atoms with Crippen molar-refractivity contribution in [1.82, 2.24) is 0 Å². The van der Waals surface area contributed by atoms with Crippen LogP contribution in [0.15, 0.2) is 0 Å². The predicted octanol–water partition coefficient (Wildman–Crippen LogP) is 3.21. The van der Waals surface area contributed by atoms with Gasteiger partial charge in [0.05, 0.1) is 17.8 Å². The highest BCUT2D eigenvalue weighted by Crippen LogP contribution is 2.00. The zero-order valence-electron chi connectivity index (χ0n) is 7.94. The fraction of sp³-hybridized carbons (Fsp3) is 1.00. The van der Waals surface area contributed by atoms with Crippen molar-refractivity contribution in [3.05, 3.63) is 0 Å². The molecular formula is C9H18ClIO2. The van der Waals surface area contributed by atoms with E-state index < -0.39 is 0 Å². The van der Waals surface area contributed by atoms with Crippen LogP contribution >= 0.6 is 34.2 Å². The van der Waals surface area contributed by atoms with E-state index in [-0.39, 0.29) is 0 Å². The first kappa shape index (κ1) is 13.9. The fourth-order valence-corrected chi connectivity index (χ4v) is 1.43. The lowest BCUT2D eigenvalue weighted by Gasteiger charge is -2.03. The van der Waals surface area contributed by atoms with Gasteiger partial charge in [-0.1, -0.05) is 35.4 Å². The molecule has 0 unspecified atom stereocenters. The van der Waals surface area contributed by atoms with Crippen molar-refractivity contribution in [1.29, 1.82) is 0 Å². The molecule has 0 amide bonds. The van der Waals surface area contributed by atoms with E-state index in [0.717, 1.165) is 36.5 Å². The highest BCUT2D eigenvalue weighted by molar-refractivity contribution is 14.1. The second-order valence-electron chi connectivity index (χ2n) is 2.73. The minimum atomic E-state index is 0.713. The van der Waals surface area contributed by atoms with Crippen LogP contribution in [0.5, 0.6) is 0 Å². The number of hydrogen-bond acceptors (Lipinski definition) is 2. The molecule has 0 saturated carbocycles. The average molecular weight is 321 g/mol. The van der Waals surface area contributed by atoms with Crippen molar-refractivity contribution >= 4 is 34.2 Å². The summed E-state index contributed by atoms with van der Waals surface area (Å²) in [5.74, 6) is 0.782. The van der Waals surface area contributed by atoms with Gasteiger partial charge in [0.15, 0.2) is 0 Å². The summed E-state index contributed by atoms with van der Waals surface area (Å²) in [6.45, 7) is 2.29. The molecule has 0 aromatic carbocycles. The first-order valence-corrected chi connectivity index (χ1v) is 6.75. The van der Waals surface area contributed by atoms with Crippen LogP contribution < -0.4 is 0 Å². The first-order chi connectivity index (χ1) is 6.41. The van der Waals surface area contributed by atoms with Gasteiger partial charge in [-0.25, -0.2) is 0 Å². The fourth-order valence-electron chi connectivity index (χ4n) is 0.927. The zero-order chi connectivity index (χ0) is 9.78. The molecule has 4 heteroatoms. The third kappa shape index (κ3) is 12.9. The summed E-state index contributed by atoms with van der Waals surface area (Å²) < 4.78 is 11.2. The lowest BCUT2D eigenvalue weighted by Crippen LogP contribution is -2.04. The van der Waals surface area contributed by atoms with Gasteiger partial charge in [0, 0.05) is 12.5 Å². The van der Waals surface area contributed by atoms with E-state index in [9.17, 15) is 0 Å². The van der Waals surface area contributed by atoms with Crippen LogP contribution in [-0.4, -0.2) is 30.3 Å². The Hall–Kier alpha value is 0.940. The van der Waals surface area contributed by atoms with Crippen LogP contribution in [0.2, 0.25) is 0 Å². The summed E-state index contributed by atoms with van der Waals surface area (Å²) in [6.07, 6.45) is 4.71. The molecule has 0 spiro atoms. The van der Waals surface area contributed by atoms with Gasteiger partial charge in [-0.05, 0) is 12.8 Å². The Morgan fingerprint density at radius 3 is 2.23 bits per heavy atom. The normalized spacial score (nSPS) is 10.6. The summed E-state index contributed by atoms with van der Waals surface area (Å²) in [4.78, 5) is 0. The largest absolute Gasteiger partial charge is 0.379 e. The first-order valence-electron chi connectivity index (χ1n) is 4.69. The molecule has 0 heterocycles. The van der Waals surface area contributed by atoms with Crippen molar-refractivity contribution in [2.24, 2.45) is 0 Å². The van der Waals surface area contributed by atoms with Gasteiger partial charge in [0.1, 0.15) is 0 Å². The molecule has 0 saturated heterocycles. The van der Waals surface area contributed by atoms with E-state index in [1.165, 1.54) is 12.8 Å². The maximum absolute atomic E-state index is 5.55. The molecule has 0 fully saturated rings. The Kier molecular flexibility index (Phi) is 13.9. The summed E-state index contributed by atoms with van der Waals surface area (Å²) in [6, 6.07) is 0. The van der Waals surface area contributed by atoms with Crippen LogP contribution in [-0.2, 0) is 9.47 Å². The van der Waals surface area contributed by atoms with Crippen LogP contribution in [0, 0.1) is 0 Å². The maximum Gasteiger partial charge on any atom is 0.0980 e. The van der Waals surface area contributed by atoms with E-state index in [2.05, 4.69) is 22.6 Å². The van der Waals surface area contributed by atoms with Gasteiger partial charge in [-0.2, -0.15) is 0 Å². The number of hydrogen-bond donors (Lipinski definition) is 0. The molecule has 0 rings (SSSR count). The molecule has 0 aliphatic heterocycles. The Labute approximate surface area is 99.5 Å². The third-order valence-corrected chi connectivity index (χ3v) is 2.33. The Morgan fingerprint density at radius 1 is 0.846 bits per heavy atom. The molecule has 13 heavy (non-hydrogen) atoms. The van der Waals surface area contributed by atoms with Crippen molar-refractivity contribution in [3.63, 3.8) is 0 Å². The Morgan fingerprint density at radius 2 is 1.54 bits per heavy atom. The molecule has 80 valence electrons. The maximum atomic E-state index is 5.55. The van der Waals surface area contributed by atoms with Crippen LogP contribution in [0.3, 0.4) is 0 Å². The second kappa shape index (κ2) is 12.9. The minimum absolute atomic E-state index is 0.713. The standard InChI is InChI=1S/C9H18ClIO2/c10-5-3-1-2-4-6-12-7-8-13-9-11/h1-9H2. The quantitative estimate of drug-likeness (QED) is 0.349. The van der Waals surface area contributed by atoms with E-state index in [1.54, 1.807) is 0 Å². The average Bonchev–Trinajstić information content (AvgIpc) is 2.16. The monoisotopic (exact) mass is 320 g/mol. The Bertz CT molecular complexity index is 83.7. The van der Waals surface area contributed by atoms with E-state index in [1.807, 2.05) is 0 Å². The number of ether oxygens (including phenoxy) is 2. The molecule has 0 aromatic rings. The minimum Gasteiger partial charge on any atom is -0.379 e. The highest BCUT2D eigenvalue weighted by Gasteiger charge is 1.90. The number of rotatable bonds is 10. The number of alkyl halides is 2. The van der Waals surface area contributed by atoms with Gasteiger partial charge >= 0.3 is 0 Å². The summed E-state index contributed by atoms with van der Waals surface area (Å²) in [5.41, 5.74) is 0.